The number of benzene rings is 2. The molecule has 1 aliphatic heterocycles. The number of rotatable bonds is 7. The van der Waals surface area contributed by atoms with Gasteiger partial charge in [0.2, 0.25) is 5.91 Å². The maximum atomic E-state index is 13.2. The van der Waals surface area contributed by atoms with Crippen LogP contribution in [0.5, 0.6) is 0 Å². The lowest BCUT2D eigenvalue weighted by Crippen LogP contribution is -2.44. The number of carbonyl (C=O) groups excluding carboxylic acids is 3. The molecule has 0 unspecified atom stereocenters. The molecule has 0 spiro atoms. The highest BCUT2D eigenvalue weighted by Gasteiger charge is 2.30. The molecule has 1 heterocycles. The standard InChI is InChI=1S/C25H30N2O3/c1-3-4-16-26(2)24(29)20-14-17-27(18-15-20)25(30)22-13-9-8-12-21(22)23(28)19-10-6-5-7-11-19/h5-13,20H,3-4,14-18H2,1-2H3. The smallest absolute Gasteiger partial charge is 0.254 e. The van der Waals surface area contributed by atoms with Crippen molar-refractivity contribution in [1.29, 1.82) is 0 Å². The van der Waals surface area contributed by atoms with Crippen LogP contribution in [-0.2, 0) is 4.79 Å². The third kappa shape index (κ3) is 4.96. The minimum Gasteiger partial charge on any atom is -0.346 e. The Morgan fingerprint density at radius 3 is 2.17 bits per heavy atom. The molecule has 0 N–H and O–H groups in total. The molecule has 0 aromatic heterocycles. The first-order valence-corrected chi connectivity index (χ1v) is 10.8. The molecule has 30 heavy (non-hydrogen) atoms. The van der Waals surface area contributed by atoms with Gasteiger partial charge in [0.15, 0.2) is 5.78 Å². The van der Waals surface area contributed by atoms with Gasteiger partial charge in [-0.15, -0.1) is 0 Å². The predicted molar refractivity (Wildman–Crippen MR) is 117 cm³/mol. The van der Waals surface area contributed by atoms with E-state index in [1.807, 2.05) is 30.1 Å². The number of likely N-dealkylation sites (tertiary alicyclic amines) is 1. The minimum atomic E-state index is -0.151. The minimum absolute atomic E-state index is 0.0305. The van der Waals surface area contributed by atoms with Crippen molar-refractivity contribution < 1.29 is 14.4 Å². The molecule has 0 aliphatic carbocycles. The fourth-order valence-corrected chi connectivity index (χ4v) is 3.93. The lowest BCUT2D eigenvalue weighted by Gasteiger charge is -2.33. The van der Waals surface area contributed by atoms with Crippen LogP contribution in [0.25, 0.3) is 0 Å². The molecule has 1 saturated heterocycles. The van der Waals surface area contributed by atoms with Crippen molar-refractivity contribution in [3.8, 4) is 0 Å². The average molecular weight is 407 g/mol. The molecule has 0 bridgehead atoms. The summed E-state index contributed by atoms with van der Waals surface area (Å²) < 4.78 is 0. The van der Waals surface area contributed by atoms with Gasteiger partial charge in [0, 0.05) is 43.7 Å². The van der Waals surface area contributed by atoms with E-state index in [1.54, 1.807) is 41.3 Å². The summed E-state index contributed by atoms with van der Waals surface area (Å²) in [4.78, 5) is 42.3. The molecule has 3 rings (SSSR count). The molecule has 158 valence electrons. The first-order valence-electron chi connectivity index (χ1n) is 10.8. The summed E-state index contributed by atoms with van der Waals surface area (Å²) >= 11 is 0. The lowest BCUT2D eigenvalue weighted by molar-refractivity contribution is -0.135. The second-order valence-electron chi connectivity index (χ2n) is 7.92. The predicted octanol–water partition coefficient (Wildman–Crippen LogP) is 4.03. The molecule has 2 amide bonds. The van der Waals surface area contributed by atoms with E-state index >= 15 is 0 Å². The summed E-state index contributed by atoms with van der Waals surface area (Å²) in [5.41, 5.74) is 1.42. The van der Waals surface area contributed by atoms with Gasteiger partial charge in [0.1, 0.15) is 0 Å². The van der Waals surface area contributed by atoms with E-state index in [-0.39, 0.29) is 23.5 Å². The van der Waals surface area contributed by atoms with Crippen LogP contribution in [0.1, 0.15) is 58.9 Å². The van der Waals surface area contributed by atoms with Crippen LogP contribution in [0.3, 0.4) is 0 Å². The second-order valence-corrected chi connectivity index (χ2v) is 7.92. The number of piperidine rings is 1. The van der Waals surface area contributed by atoms with Crippen LogP contribution < -0.4 is 0 Å². The maximum Gasteiger partial charge on any atom is 0.254 e. The third-order valence-corrected chi connectivity index (χ3v) is 5.79. The summed E-state index contributed by atoms with van der Waals surface area (Å²) in [5.74, 6) is -0.144. The van der Waals surface area contributed by atoms with Gasteiger partial charge in [-0.05, 0) is 25.3 Å². The second kappa shape index (κ2) is 10.2. The van der Waals surface area contributed by atoms with Crippen molar-refractivity contribution in [2.24, 2.45) is 5.92 Å². The summed E-state index contributed by atoms with van der Waals surface area (Å²) in [7, 11) is 1.86. The molecule has 0 radical (unpaired) electrons. The molecule has 5 nitrogen and oxygen atoms in total. The summed E-state index contributed by atoms with van der Waals surface area (Å²) in [6.45, 7) is 3.96. The van der Waals surface area contributed by atoms with E-state index in [0.29, 0.717) is 42.6 Å². The van der Waals surface area contributed by atoms with Crippen molar-refractivity contribution in [2.45, 2.75) is 32.6 Å². The van der Waals surface area contributed by atoms with Gasteiger partial charge in [-0.2, -0.15) is 0 Å². The van der Waals surface area contributed by atoms with Crippen molar-refractivity contribution in [3.63, 3.8) is 0 Å². The van der Waals surface area contributed by atoms with Crippen LogP contribution in [0, 0.1) is 5.92 Å². The van der Waals surface area contributed by atoms with E-state index in [4.69, 9.17) is 0 Å². The van der Waals surface area contributed by atoms with Gasteiger partial charge in [-0.1, -0.05) is 61.9 Å². The Hall–Kier alpha value is -2.95. The van der Waals surface area contributed by atoms with Crippen molar-refractivity contribution >= 4 is 17.6 Å². The van der Waals surface area contributed by atoms with Crippen LogP contribution in [0.15, 0.2) is 54.6 Å². The first-order chi connectivity index (χ1) is 14.5. The lowest BCUT2D eigenvalue weighted by atomic mass is 9.93. The number of ketones is 1. The molecule has 1 aliphatic rings. The van der Waals surface area contributed by atoms with Gasteiger partial charge in [0.25, 0.3) is 5.91 Å². The Morgan fingerprint density at radius 2 is 1.53 bits per heavy atom. The third-order valence-electron chi connectivity index (χ3n) is 5.79. The molecule has 2 aromatic carbocycles. The fraction of sp³-hybridized carbons (Fsp3) is 0.400. The van der Waals surface area contributed by atoms with Crippen LogP contribution in [0.4, 0.5) is 0 Å². The zero-order valence-electron chi connectivity index (χ0n) is 17.8. The zero-order valence-corrected chi connectivity index (χ0v) is 17.8. The van der Waals surface area contributed by atoms with Crippen molar-refractivity contribution in [2.75, 3.05) is 26.7 Å². The molecular weight excluding hydrogens is 376 g/mol. The Kier molecular flexibility index (Phi) is 7.39. The highest BCUT2D eigenvalue weighted by molar-refractivity contribution is 6.15. The summed E-state index contributed by atoms with van der Waals surface area (Å²) in [6, 6.07) is 16.0. The molecule has 0 atom stereocenters. The summed E-state index contributed by atoms with van der Waals surface area (Å²) in [6.07, 6.45) is 3.39. The number of nitrogens with zero attached hydrogens (tertiary/aromatic N) is 2. The maximum absolute atomic E-state index is 13.2. The van der Waals surface area contributed by atoms with E-state index in [9.17, 15) is 14.4 Å². The molecular formula is C25H30N2O3. The van der Waals surface area contributed by atoms with Crippen LogP contribution in [0.2, 0.25) is 0 Å². The SMILES string of the molecule is CCCCN(C)C(=O)C1CCN(C(=O)c2ccccc2C(=O)c2ccccc2)CC1. The number of carbonyl (C=O) groups is 3. The highest BCUT2D eigenvalue weighted by atomic mass is 16.2. The van der Waals surface area contributed by atoms with E-state index in [1.165, 1.54) is 0 Å². The normalized spacial score (nSPS) is 14.4. The quantitative estimate of drug-likeness (QED) is 0.653. The van der Waals surface area contributed by atoms with Gasteiger partial charge in [-0.25, -0.2) is 0 Å². The molecule has 2 aromatic rings. The highest BCUT2D eigenvalue weighted by Crippen LogP contribution is 2.23. The average Bonchev–Trinajstić information content (AvgIpc) is 2.81. The van der Waals surface area contributed by atoms with Crippen LogP contribution in [-0.4, -0.2) is 54.1 Å². The number of hydrogen-bond acceptors (Lipinski definition) is 3. The van der Waals surface area contributed by atoms with Crippen molar-refractivity contribution in [1.82, 2.24) is 9.80 Å². The Bertz CT molecular complexity index is 886. The van der Waals surface area contributed by atoms with E-state index in [2.05, 4.69) is 6.92 Å². The Morgan fingerprint density at radius 1 is 0.933 bits per heavy atom. The summed E-state index contributed by atoms with van der Waals surface area (Å²) in [5, 5.41) is 0. The first kappa shape index (κ1) is 21.8. The number of hydrogen-bond donors (Lipinski definition) is 0. The molecule has 1 fully saturated rings. The Labute approximate surface area is 178 Å². The van der Waals surface area contributed by atoms with Crippen LogP contribution >= 0.6 is 0 Å². The molecule has 0 saturated carbocycles. The van der Waals surface area contributed by atoms with E-state index < -0.39 is 0 Å². The van der Waals surface area contributed by atoms with Gasteiger partial charge in [-0.3, -0.25) is 14.4 Å². The molecule has 5 heteroatoms. The zero-order chi connectivity index (χ0) is 21.5. The van der Waals surface area contributed by atoms with Crippen molar-refractivity contribution in [3.05, 3.63) is 71.3 Å². The van der Waals surface area contributed by atoms with Gasteiger partial charge in [0.05, 0.1) is 5.56 Å². The monoisotopic (exact) mass is 406 g/mol. The number of amides is 2. The topological polar surface area (TPSA) is 57.7 Å². The van der Waals surface area contributed by atoms with E-state index in [0.717, 1.165) is 19.4 Å². The van der Waals surface area contributed by atoms with Gasteiger partial charge < -0.3 is 9.80 Å². The fourth-order valence-electron chi connectivity index (χ4n) is 3.93. The van der Waals surface area contributed by atoms with Gasteiger partial charge >= 0.3 is 0 Å². The largest absolute Gasteiger partial charge is 0.346 e. The number of unbranched alkanes of at least 4 members (excludes halogenated alkanes) is 1. The Balaban J connectivity index is 1.68.